The van der Waals surface area contributed by atoms with Gasteiger partial charge in [-0.05, 0) is 38.2 Å². The number of benzene rings is 1. The molecular weight excluding hydrogens is 366 g/mol. The molecule has 3 aliphatic heterocycles. The highest BCUT2D eigenvalue weighted by Gasteiger charge is 2.42. The van der Waals surface area contributed by atoms with E-state index in [9.17, 15) is 4.79 Å². The molecule has 1 aromatic carbocycles. The Labute approximate surface area is 174 Å². The van der Waals surface area contributed by atoms with Gasteiger partial charge in [0.15, 0.2) is 0 Å². The molecule has 29 heavy (non-hydrogen) atoms. The Hall–Kier alpha value is -1.47. The summed E-state index contributed by atoms with van der Waals surface area (Å²) in [4.78, 5) is 17.3. The molecule has 0 aromatic heterocycles. The summed E-state index contributed by atoms with van der Waals surface area (Å²) in [5, 5.41) is 3.13. The van der Waals surface area contributed by atoms with Crippen molar-refractivity contribution in [2.75, 3.05) is 45.9 Å². The number of ether oxygens (including phenoxy) is 2. The normalized spacial score (nSPS) is 26.4. The maximum Gasteiger partial charge on any atom is 0.237 e. The molecule has 3 heterocycles. The van der Waals surface area contributed by atoms with Crippen molar-refractivity contribution in [3.05, 3.63) is 35.9 Å². The van der Waals surface area contributed by atoms with E-state index in [1.807, 2.05) is 6.92 Å². The van der Waals surface area contributed by atoms with Gasteiger partial charge in [-0.2, -0.15) is 0 Å². The molecule has 0 saturated carbocycles. The summed E-state index contributed by atoms with van der Waals surface area (Å²) < 4.78 is 11.9. The van der Waals surface area contributed by atoms with Crippen molar-refractivity contribution in [2.24, 2.45) is 0 Å². The first-order chi connectivity index (χ1) is 14.1. The van der Waals surface area contributed by atoms with Gasteiger partial charge in [-0.25, -0.2) is 0 Å². The molecule has 4 rings (SSSR count). The van der Waals surface area contributed by atoms with E-state index in [0.717, 1.165) is 58.4 Å². The third-order valence-electron chi connectivity index (χ3n) is 6.83. The van der Waals surface area contributed by atoms with Crippen LogP contribution in [0.2, 0.25) is 0 Å². The largest absolute Gasteiger partial charge is 0.379 e. The molecule has 0 bridgehead atoms. The average Bonchev–Trinajstić information content (AvgIpc) is 3.17. The Morgan fingerprint density at radius 3 is 2.59 bits per heavy atom. The van der Waals surface area contributed by atoms with Crippen LogP contribution < -0.4 is 5.32 Å². The minimum atomic E-state index is -0.101. The van der Waals surface area contributed by atoms with Crippen molar-refractivity contribution in [3.8, 4) is 0 Å². The summed E-state index contributed by atoms with van der Waals surface area (Å²) in [6.45, 7) is 8.90. The predicted octanol–water partition coefficient (Wildman–Crippen LogP) is 2.04. The maximum absolute atomic E-state index is 12.5. The van der Waals surface area contributed by atoms with Crippen molar-refractivity contribution in [1.82, 2.24) is 15.1 Å². The van der Waals surface area contributed by atoms with Gasteiger partial charge in [0, 0.05) is 39.3 Å². The summed E-state index contributed by atoms with van der Waals surface area (Å²) in [5.41, 5.74) is 1.41. The van der Waals surface area contributed by atoms with Crippen LogP contribution in [-0.4, -0.2) is 79.4 Å². The van der Waals surface area contributed by atoms with Gasteiger partial charge in [-0.1, -0.05) is 30.3 Å². The van der Waals surface area contributed by atoms with E-state index < -0.39 is 0 Å². The Morgan fingerprint density at radius 2 is 1.86 bits per heavy atom. The molecule has 6 heteroatoms. The predicted molar refractivity (Wildman–Crippen MR) is 113 cm³/mol. The molecule has 0 aliphatic carbocycles. The highest BCUT2D eigenvalue weighted by atomic mass is 16.5. The number of morpholine rings is 1. The van der Waals surface area contributed by atoms with Crippen LogP contribution in [-0.2, 0) is 20.8 Å². The van der Waals surface area contributed by atoms with Gasteiger partial charge in [0.2, 0.25) is 5.91 Å². The van der Waals surface area contributed by atoms with Gasteiger partial charge in [0.1, 0.15) is 0 Å². The lowest BCUT2D eigenvalue weighted by molar-refractivity contribution is -0.129. The lowest BCUT2D eigenvalue weighted by Gasteiger charge is -2.39. The van der Waals surface area contributed by atoms with Crippen LogP contribution in [0.1, 0.15) is 38.2 Å². The third kappa shape index (κ3) is 5.37. The van der Waals surface area contributed by atoms with Gasteiger partial charge >= 0.3 is 0 Å². The van der Waals surface area contributed by atoms with E-state index in [0.29, 0.717) is 19.8 Å². The van der Waals surface area contributed by atoms with Crippen LogP contribution in [0.25, 0.3) is 0 Å². The fourth-order valence-corrected chi connectivity index (χ4v) is 4.86. The first-order valence-electron chi connectivity index (χ1n) is 11.2. The lowest BCUT2D eigenvalue weighted by Crippen LogP contribution is -2.51. The SMILES string of the molecule is C[C@@H](C(=O)NC[C@@H]1CCC2(CCN(Cc3ccccc3)CC2)O1)N1CCOCC1. The van der Waals surface area contributed by atoms with Gasteiger partial charge in [-0.15, -0.1) is 0 Å². The van der Waals surface area contributed by atoms with E-state index in [-0.39, 0.29) is 23.7 Å². The second-order valence-electron chi connectivity index (χ2n) is 8.79. The highest BCUT2D eigenvalue weighted by Crippen LogP contribution is 2.39. The summed E-state index contributed by atoms with van der Waals surface area (Å²) >= 11 is 0. The van der Waals surface area contributed by atoms with Crippen LogP contribution in [0.4, 0.5) is 0 Å². The topological polar surface area (TPSA) is 54.0 Å². The number of piperidine rings is 1. The first-order valence-corrected chi connectivity index (χ1v) is 11.2. The Morgan fingerprint density at radius 1 is 1.14 bits per heavy atom. The number of carbonyl (C=O) groups excluding carboxylic acids is 1. The minimum absolute atomic E-state index is 0.0262. The lowest BCUT2D eigenvalue weighted by atomic mass is 9.88. The van der Waals surface area contributed by atoms with Crippen molar-refractivity contribution in [2.45, 2.75) is 56.9 Å². The highest BCUT2D eigenvalue weighted by molar-refractivity contribution is 5.81. The van der Waals surface area contributed by atoms with Gasteiger partial charge in [0.05, 0.1) is 31.0 Å². The second kappa shape index (κ2) is 9.56. The zero-order valence-corrected chi connectivity index (χ0v) is 17.6. The standard InChI is InChI=1S/C23H35N3O3/c1-19(26-13-15-28-16-14-26)22(27)24-17-21-7-8-23(29-21)9-11-25(12-10-23)18-20-5-3-2-4-6-20/h2-6,19,21H,7-18H2,1H3,(H,24,27)/t19-,21-/m0/s1. The number of hydrogen-bond acceptors (Lipinski definition) is 5. The molecule has 1 amide bonds. The second-order valence-corrected chi connectivity index (χ2v) is 8.79. The monoisotopic (exact) mass is 401 g/mol. The van der Waals surface area contributed by atoms with E-state index >= 15 is 0 Å². The number of nitrogens with zero attached hydrogens (tertiary/aromatic N) is 2. The third-order valence-corrected chi connectivity index (χ3v) is 6.83. The molecule has 160 valence electrons. The molecule has 3 fully saturated rings. The Balaban J connectivity index is 1.19. The van der Waals surface area contributed by atoms with Crippen molar-refractivity contribution in [1.29, 1.82) is 0 Å². The van der Waals surface area contributed by atoms with E-state index in [1.54, 1.807) is 0 Å². The summed E-state index contributed by atoms with van der Waals surface area (Å²) in [6.07, 6.45) is 4.50. The summed E-state index contributed by atoms with van der Waals surface area (Å²) in [6, 6.07) is 10.6. The number of rotatable bonds is 6. The Bertz CT molecular complexity index is 655. The zero-order chi connectivity index (χ0) is 20.1. The van der Waals surface area contributed by atoms with Gasteiger partial charge in [-0.3, -0.25) is 14.6 Å². The zero-order valence-electron chi connectivity index (χ0n) is 17.6. The molecule has 0 unspecified atom stereocenters. The molecule has 1 N–H and O–H groups in total. The molecule has 3 aliphatic rings. The molecule has 1 spiro atoms. The average molecular weight is 402 g/mol. The van der Waals surface area contributed by atoms with Crippen LogP contribution in [0.15, 0.2) is 30.3 Å². The van der Waals surface area contributed by atoms with Gasteiger partial charge in [0.25, 0.3) is 0 Å². The van der Waals surface area contributed by atoms with Crippen LogP contribution in [0.3, 0.4) is 0 Å². The number of nitrogens with one attached hydrogen (secondary N) is 1. The van der Waals surface area contributed by atoms with E-state index in [2.05, 4.69) is 45.4 Å². The minimum Gasteiger partial charge on any atom is -0.379 e. The van der Waals surface area contributed by atoms with Gasteiger partial charge < -0.3 is 14.8 Å². The Kier molecular flexibility index (Phi) is 6.85. The fourth-order valence-electron chi connectivity index (χ4n) is 4.86. The first kappa shape index (κ1) is 20.8. The number of likely N-dealkylation sites (tertiary alicyclic amines) is 1. The number of amides is 1. The molecule has 2 atom stereocenters. The van der Waals surface area contributed by atoms with Crippen molar-refractivity contribution < 1.29 is 14.3 Å². The molecule has 1 aromatic rings. The smallest absolute Gasteiger partial charge is 0.237 e. The van der Waals surface area contributed by atoms with Crippen LogP contribution >= 0.6 is 0 Å². The summed E-state index contributed by atoms with van der Waals surface area (Å²) in [5.74, 6) is 0.106. The quantitative estimate of drug-likeness (QED) is 0.791. The van der Waals surface area contributed by atoms with E-state index in [1.165, 1.54) is 5.56 Å². The molecular formula is C23H35N3O3. The number of hydrogen-bond donors (Lipinski definition) is 1. The van der Waals surface area contributed by atoms with Crippen molar-refractivity contribution in [3.63, 3.8) is 0 Å². The molecule has 6 nitrogen and oxygen atoms in total. The van der Waals surface area contributed by atoms with Crippen LogP contribution in [0, 0.1) is 0 Å². The molecule has 0 radical (unpaired) electrons. The van der Waals surface area contributed by atoms with Crippen LogP contribution in [0.5, 0.6) is 0 Å². The fraction of sp³-hybridized carbons (Fsp3) is 0.696. The number of carbonyl (C=O) groups is 1. The maximum atomic E-state index is 12.5. The van der Waals surface area contributed by atoms with Crippen molar-refractivity contribution >= 4 is 5.91 Å². The molecule has 3 saturated heterocycles. The van der Waals surface area contributed by atoms with E-state index in [4.69, 9.17) is 9.47 Å². The summed E-state index contributed by atoms with van der Waals surface area (Å²) in [7, 11) is 0.